The quantitative estimate of drug-likeness (QED) is 0.168. The first-order chi connectivity index (χ1) is 30.3. The van der Waals surface area contributed by atoms with Crippen molar-refractivity contribution in [3.8, 4) is 22.3 Å². The Hall–Kier alpha value is -7.16. The first-order valence-corrected chi connectivity index (χ1v) is 22.2. The minimum Gasteiger partial charge on any atom is -0.308 e. The van der Waals surface area contributed by atoms with Crippen molar-refractivity contribution in [3.63, 3.8) is 0 Å². The van der Waals surface area contributed by atoms with Crippen molar-refractivity contribution in [1.82, 2.24) is 4.40 Å². The van der Waals surface area contributed by atoms with Gasteiger partial charge in [0.2, 0.25) is 0 Å². The summed E-state index contributed by atoms with van der Waals surface area (Å²) >= 11 is 0. The standard InChI is InChI=1S/C60H46N2/c1-59(2)51-22-8-6-15-44(51)50-36-39(30-35-53(50)59)37-26-31-40(32-27-37)61(55-25-13-21-49-48-20-12-19-47-45-16-7-10-24-54(45)62(57(47)48)58(49)55)41-33-28-38(29-34-41)42-17-11-18-46-43-14-5-9-23-52(43)60(3,4)56(42)46/h5-10,12-17,19-36H,11,18H2,1-4H3. The summed E-state index contributed by atoms with van der Waals surface area (Å²) in [5.74, 6) is 0. The zero-order valence-corrected chi connectivity index (χ0v) is 35.6. The van der Waals surface area contributed by atoms with Crippen LogP contribution in [0, 0.1) is 0 Å². The van der Waals surface area contributed by atoms with Crippen LogP contribution < -0.4 is 4.90 Å². The average molecular weight is 795 g/mol. The van der Waals surface area contributed by atoms with Crippen LogP contribution in [-0.2, 0) is 10.8 Å². The molecule has 0 bridgehead atoms. The molecule has 3 aliphatic rings. The maximum atomic E-state index is 2.52. The normalized spacial score (nSPS) is 15.9. The molecule has 0 atom stereocenters. The van der Waals surface area contributed by atoms with Crippen molar-refractivity contribution in [2.45, 2.75) is 51.4 Å². The minimum atomic E-state index is -0.0481. The van der Waals surface area contributed by atoms with Gasteiger partial charge >= 0.3 is 0 Å². The Morgan fingerprint density at radius 2 is 1.02 bits per heavy atom. The van der Waals surface area contributed by atoms with E-state index in [1.54, 1.807) is 0 Å². The molecule has 10 aromatic rings. The van der Waals surface area contributed by atoms with E-state index in [0.717, 1.165) is 29.9 Å². The molecule has 3 aliphatic carbocycles. The number of hydrogen-bond donors (Lipinski definition) is 0. The van der Waals surface area contributed by atoms with Crippen molar-refractivity contribution in [3.05, 3.63) is 215 Å². The Bertz CT molecular complexity index is 3550. The lowest BCUT2D eigenvalue weighted by Gasteiger charge is -2.30. The summed E-state index contributed by atoms with van der Waals surface area (Å²) < 4.78 is 2.52. The van der Waals surface area contributed by atoms with E-state index in [0.29, 0.717) is 0 Å². The van der Waals surface area contributed by atoms with E-state index in [1.165, 1.54) is 105 Å². The van der Waals surface area contributed by atoms with Crippen LogP contribution in [0.3, 0.4) is 0 Å². The number of allylic oxidation sites excluding steroid dienone is 4. The Kier molecular flexibility index (Phi) is 7.28. The summed E-state index contributed by atoms with van der Waals surface area (Å²) in [6.45, 7) is 9.52. The first-order valence-electron chi connectivity index (χ1n) is 22.2. The second-order valence-corrected chi connectivity index (χ2v) is 18.8. The number of para-hydroxylation sites is 3. The third kappa shape index (κ3) is 4.75. The van der Waals surface area contributed by atoms with E-state index in [4.69, 9.17) is 0 Å². The lowest BCUT2D eigenvalue weighted by Crippen LogP contribution is -2.19. The predicted molar refractivity (Wildman–Crippen MR) is 262 cm³/mol. The van der Waals surface area contributed by atoms with Crippen LogP contribution in [-0.4, -0.2) is 4.40 Å². The maximum absolute atomic E-state index is 2.52. The van der Waals surface area contributed by atoms with Gasteiger partial charge in [-0.1, -0.05) is 167 Å². The number of anilines is 3. The zero-order chi connectivity index (χ0) is 41.5. The summed E-state index contributed by atoms with van der Waals surface area (Å²) in [7, 11) is 0. The van der Waals surface area contributed by atoms with Crippen LogP contribution >= 0.6 is 0 Å². The van der Waals surface area contributed by atoms with Gasteiger partial charge in [0.15, 0.2) is 0 Å². The molecule has 0 spiro atoms. The highest BCUT2D eigenvalue weighted by atomic mass is 15.2. The molecule has 2 heterocycles. The van der Waals surface area contributed by atoms with Gasteiger partial charge in [0, 0.05) is 43.7 Å². The highest BCUT2D eigenvalue weighted by Crippen LogP contribution is 2.55. The molecule has 296 valence electrons. The summed E-state index contributed by atoms with van der Waals surface area (Å²) in [6, 6.07) is 66.2. The smallest absolute Gasteiger partial charge is 0.0782 e. The van der Waals surface area contributed by atoms with E-state index in [2.05, 4.69) is 219 Å². The maximum Gasteiger partial charge on any atom is 0.0782 e. The lowest BCUT2D eigenvalue weighted by atomic mass is 9.74. The van der Waals surface area contributed by atoms with Crippen molar-refractivity contribution >= 4 is 66.3 Å². The molecule has 0 amide bonds. The van der Waals surface area contributed by atoms with Gasteiger partial charge < -0.3 is 9.30 Å². The van der Waals surface area contributed by atoms with Gasteiger partial charge in [-0.25, -0.2) is 0 Å². The Morgan fingerprint density at radius 1 is 0.452 bits per heavy atom. The van der Waals surface area contributed by atoms with Crippen molar-refractivity contribution < 1.29 is 0 Å². The van der Waals surface area contributed by atoms with Gasteiger partial charge in [-0.15, -0.1) is 0 Å². The molecule has 0 saturated heterocycles. The molecule has 2 nitrogen and oxygen atoms in total. The number of hydrogen-bond acceptors (Lipinski definition) is 1. The molecule has 13 rings (SSSR count). The van der Waals surface area contributed by atoms with Crippen molar-refractivity contribution in [2.75, 3.05) is 4.90 Å². The second kappa shape index (κ2) is 12.7. The molecule has 62 heavy (non-hydrogen) atoms. The Labute approximate surface area is 363 Å². The average Bonchev–Trinajstić information content (AvgIpc) is 3.98. The van der Waals surface area contributed by atoms with Crippen LogP contribution in [0.1, 0.15) is 68.4 Å². The number of rotatable bonds is 5. The van der Waals surface area contributed by atoms with Gasteiger partial charge in [-0.3, -0.25) is 0 Å². The molecule has 2 aromatic heterocycles. The summed E-state index contributed by atoms with van der Waals surface area (Å²) in [5.41, 5.74) is 23.6. The van der Waals surface area contributed by atoms with Gasteiger partial charge in [-0.05, 0) is 122 Å². The van der Waals surface area contributed by atoms with E-state index in [9.17, 15) is 0 Å². The van der Waals surface area contributed by atoms with E-state index < -0.39 is 0 Å². The highest BCUT2D eigenvalue weighted by Gasteiger charge is 2.40. The second-order valence-electron chi connectivity index (χ2n) is 18.8. The fraction of sp³-hybridized carbons (Fsp3) is 0.133. The van der Waals surface area contributed by atoms with Crippen LogP contribution in [0.25, 0.3) is 71.5 Å². The third-order valence-electron chi connectivity index (χ3n) is 14.8. The van der Waals surface area contributed by atoms with Crippen LogP contribution in [0.2, 0.25) is 0 Å². The number of fused-ring (bicyclic) bond motifs is 11. The van der Waals surface area contributed by atoms with E-state index >= 15 is 0 Å². The molecular formula is C60H46N2. The van der Waals surface area contributed by atoms with E-state index in [-0.39, 0.29) is 10.8 Å². The summed E-state index contributed by atoms with van der Waals surface area (Å²) in [4.78, 5) is 2.48. The molecule has 0 unspecified atom stereocenters. The summed E-state index contributed by atoms with van der Waals surface area (Å²) in [5, 5.41) is 5.14. The fourth-order valence-corrected chi connectivity index (χ4v) is 12.0. The third-order valence-corrected chi connectivity index (χ3v) is 14.8. The topological polar surface area (TPSA) is 7.65 Å². The SMILES string of the molecule is CC1(C)C2=C(CCC=C2c2ccc(N(c3ccc(-c4ccc5c(c4)-c4ccccc4C5(C)C)cc3)c3cccc4c5cccc6c7ccccc7n(c34)c65)cc2)c2ccccc21. The van der Waals surface area contributed by atoms with Gasteiger partial charge in [0.25, 0.3) is 0 Å². The molecule has 0 saturated carbocycles. The molecule has 0 aliphatic heterocycles. The van der Waals surface area contributed by atoms with Crippen LogP contribution in [0.4, 0.5) is 17.1 Å². The minimum absolute atomic E-state index is 0.0123. The predicted octanol–water partition coefficient (Wildman–Crippen LogP) is 16.2. The molecule has 0 N–H and O–H groups in total. The van der Waals surface area contributed by atoms with Crippen molar-refractivity contribution in [1.29, 1.82) is 0 Å². The van der Waals surface area contributed by atoms with Crippen LogP contribution in [0.15, 0.2) is 188 Å². The van der Waals surface area contributed by atoms with Crippen molar-refractivity contribution in [2.24, 2.45) is 0 Å². The number of aromatic nitrogens is 1. The number of nitrogens with zero attached hydrogens (tertiary/aromatic N) is 2. The molecule has 8 aromatic carbocycles. The van der Waals surface area contributed by atoms with Crippen LogP contribution in [0.5, 0.6) is 0 Å². The Balaban J connectivity index is 0.973. The van der Waals surface area contributed by atoms with Gasteiger partial charge in [-0.2, -0.15) is 0 Å². The van der Waals surface area contributed by atoms with Gasteiger partial charge in [0.1, 0.15) is 0 Å². The fourth-order valence-electron chi connectivity index (χ4n) is 12.0. The Morgan fingerprint density at radius 3 is 1.77 bits per heavy atom. The van der Waals surface area contributed by atoms with Gasteiger partial charge in [0.05, 0.1) is 22.2 Å². The van der Waals surface area contributed by atoms with E-state index in [1.807, 2.05) is 0 Å². The zero-order valence-electron chi connectivity index (χ0n) is 35.6. The first kappa shape index (κ1) is 35.6. The number of benzene rings is 8. The molecule has 0 fully saturated rings. The monoisotopic (exact) mass is 794 g/mol. The molecular weight excluding hydrogens is 749 g/mol. The lowest BCUT2D eigenvalue weighted by molar-refractivity contribution is 0.655. The largest absolute Gasteiger partial charge is 0.308 e. The highest BCUT2D eigenvalue weighted by molar-refractivity contribution is 6.25. The molecule has 0 radical (unpaired) electrons. The molecule has 2 heteroatoms. The summed E-state index contributed by atoms with van der Waals surface area (Å²) in [6.07, 6.45) is 4.64.